The quantitative estimate of drug-likeness (QED) is 0.665. The van der Waals surface area contributed by atoms with E-state index in [1.807, 2.05) is 48.7 Å². The van der Waals surface area contributed by atoms with Gasteiger partial charge in [0.2, 0.25) is 5.91 Å². The fourth-order valence-electron chi connectivity index (χ4n) is 1.52. The van der Waals surface area contributed by atoms with E-state index in [0.717, 1.165) is 16.0 Å². The number of amides is 1. The molecule has 0 saturated carbocycles. The summed E-state index contributed by atoms with van der Waals surface area (Å²) in [5.41, 5.74) is 4.68. The summed E-state index contributed by atoms with van der Waals surface area (Å²) < 4.78 is 0. The molecule has 2 rings (SSSR count). The molecule has 1 heterocycles. The number of nitrogens with zero attached hydrogens (tertiary/aromatic N) is 1. The molecule has 0 saturated heterocycles. The summed E-state index contributed by atoms with van der Waals surface area (Å²) in [5, 5.41) is 5.92. The molecule has 1 aromatic heterocycles. The van der Waals surface area contributed by atoms with E-state index in [9.17, 15) is 4.79 Å². The molecule has 0 radical (unpaired) electrons. The van der Waals surface area contributed by atoms with Crippen molar-refractivity contribution < 1.29 is 4.79 Å². The van der Waals surface area contributed by atoms with E-state index in [1.165, 1.54) is 0 Å². The standard InChI is InChI=1S/C14H14N2OS/c1-11-5-2-3-6-12(11)10-15-16-14(17)9-13-7-4-8-18-13/h2-8,10H,9H2,1H3,(H,16,17). The van der Waals surface area contributed by atoms with Gasteiger partial charge >= 0.3 is 0 Å². The van der Waals surface area contributed by atoms with Gasteiger partial charge in [-0.2, -0.15) is 5.10 Å². The molecule has 1 aromatic carbocycles. The molecule has 2 aromatic rings. The monoisotopic (exact) mass is 258 g/mol. The van der Waals surface area contributed by atoms with Gasteiger partial charge in [-0.3, -0.25) is 4.79 Å². The lowest BCUT2D eigenvalue weighted by molar-refractivity contribution is -0.120. The van der Waals surface area contributed by atoms with Gasteiger partial charge in [0.1, 0.15) is 0 Å². The second-order valence-electron chi connectivity index (χ2n) is 3.91. The Bertz CT molecular complexity index is 547. The van der Waals surface area contributed by atoms with E-state index in [0.29, 0.717) is 6.42 Å². The van der Waals surface area contributed by atoms with Crippen LogP contribution in [0.3, 0.4) is 0 Å². The highest BCUT2D eigenvalue weighted by Crippen LogP contribution is 2.08. The number of hydrazone groups is 1. The van der Waals surface area contributed by atoms with Crippen molar-refractivity contribution in [2.24, 2.45) is 5.10 Å². The lowest BCUT2D eigenvalue weighted by Gasteiger charge is -1.99. The fraction of sp³-hybridized carbons (Fsp3) is 0.143. The van der Waals surface area contributed by atoms with Crippen molar-refractivity contribution in [1.82, 2.24) is 5.43 Å². The van der Waals surface area contributed by atoms with E-state index in [2.05, 4.69) is 10.5 Å². The molecule has 0 fully saturated rings. The number of hydrogen-bond acceptors (Lipinski definition) is 3. The van der Waals surface area contributed by atoms with Crippen LogP contribution in [0, 0.1) is 6.92 Å². The first-order valence-electron chi connectivity index (χ1n) is 5.65. The van der Waals surface area contributed by atoms with E-state index >= 15 is 0 Å². The SMILES string of the molecule is Cc1ccccc1C=NNC(=O)Cc1cccs1. The van der Waals surface area contributed by atoms with Crippen molar-refractivity contribution >= 4 is 23.5 Å². The van der Waals surface area contributed by atoms with Crippen molar-refractivity contribution in [1.29, 1.82) is 0 Å². The van der Waals surface area contributed by atoms with Gasteiger partial charge < -0.3 is 0 Å². The summed E-state index contributed by atoms with van der Waals surface area (Å²) in [4.78, 5) is 12.6. The van der Waals surface area contributed by atoms with Gasteiger partial charge in [0.05, 0.1) is 12.6 Å². The van der Waals surface area contributed by atoms with Gasteiger partial charge in [-0.15, -0.1) is 11.3 Å². The van der Waals surface area contributed by atoms with E-state index in [-0.39, 0.29) is 5.91 Å². The van der Waals surface area contributed by atoms with Crippen LogP contribution in [0.4, 0.5) is 0 Å². The Labute approximate surface area is 110 Å². The van der Waals surface area contributed by atoms with Crippen LogP contribution >= 0.6 is 11.3 Å². The van der Waals surface area contributed by atoms with Crippen LogP contribution in [0.5, 0.6) is 0 Å². The maximum atomic E-state index is 11.6. The maximum Gasteiger partial charge on any atom is 0.245 e. The highest BCUT2D eigenvalue weighted by molar-refractivity contribution is 7.10. The topological polar surface area (TPSA) is 41.5 Å². The molecule has 4 heteroatoms. The van der Waals surface area contributed by atoms with E-state index < -0.39 is 0 Å². The molecule has 1 amide bonds. The number of carbonyl (C=O) groups is 1. The van der Waals surface area contributed by atoms with E-state index in [1.54, 1.807) is 17.6 Å². The Morgan fingerprint density at radius 2 is 2.17 bits per heavy atom. The number of benzene rings is 1. The molecule has 92 valence electrons. The van der Waals surface area contributed by atoms with Crippen LogP contribution in [-0.2, 0) is 11.2 Å². The summed E-state index contributed by atoms with van der Waals surface area (Å²) in [7, 11) is 0. The minimum Gasteiger partial charge on any atom is -0.273 e. The molecule has 0 aliphatic heterocycles. The Hall–Kier alpha value is -1.94. The summed E-state index contributed by atoms with van der Waals surface area (Å²) in [6.07, 6.45) is 2.05. The van der Waals surface area contributed by atoms with Crippen LogP contribution in [0.15, 0.2) is 46.9 Å². The highest BCUT2D eigenvalue weighted by Gasteiger charge is 2.02. The van der Waals surface area contributed by atoms with Crippen molar-refractivity contribution in [2.45, 2.75) is 13.3 Å². The highest BCUT2D eigenvalue weighted by atomic mass is 32.1. The molecule has 1 N–H and O–H groups in total. The van der Waals surface area contributed by atoms with Crippen LogP contribution in [0.25, 0.3) is 0 Å². The molecule has 0 spiro atoms. The van der Waals surface area contributed by atoms with Gasteiger partial charge in [-0.25, -0.2) is 5.43 Å². The Kier molecular flexibility index (Phi) is 4.25. The van der Waals surface area contributed by atoms with Crippen molar-refractivity contribution in [3.05, 3.63) is 57.8 Å². The maximum absolute atomic E-state index is 11.6. The average Bonchev–Trinajstić information content (AvgIpc) is 2.84. The van der Waals surface area contributed by atoms with Crippen LogP contribution in [0.1, 0.15) is 16.0 Å². The number of carbonyl (C=O) groups excluding carboxylic acids is 1. The zero-order valence-electron chi connectivity index (χ0n) is 10.1. The summed E-state index contributed by atoms with van der Waals surface area (Å²) in [6, 6.07) is 11.8. The largest absolute Gasteiger partial charge is 0.273 e. The third-order valence-corrected chi connectivity index (χ3v) is 3.37. The lowest BCUT2D eigenvalue weighted by Crippen LogP contribution is -2.19. The number of nitrogens with one attached hydrogen (secondary N) is 1. The summed E-state index contributed by atoms with van der Waals surface area (Å²) in [5.74, 6) is -0.0951. The Balaban J connectivity index is 1.88. The fourth-order valence-corrected chi connectivity index (χ4v) is 2.22. The Morgan fingerprint density at radius 3 is 2.89 bits per heavy atom. The smallest absolute Gasteiger partial charge is 0.245 e. The second-order valence-corrected chi connectivity index (χ2v) is 4.94. The molecule has 18 heavy (non-hydrogen) atoms. The zero-order valence-corrected chi connectivity index (χ0v) is 10.9. The van der Waals surface area contributed by atoms with E-state index in [4.69, 9.17) is 0 Å². The molecular formula is C14H14N2OS. The molecule has 0 atom stereocenters. The summed E-state index contributed by atoms with van der Waals surface area (Å²) >= 11 is 1.57. The molecule has 0 aliphatic carbocycles. The van der Waals surface area contributed by atoms with Crippen LogP contribution < -0.4 is 5.43 Å². The minimum atomic E-state index is -0.0951. The number of rotatable bonds is 4. The normalized spacial score (nSPS) is 10.7. The molecule has 0 bridgehead atoms. The van der Waals surface area contributed by atoms with Crippen LogP contribution in [0.2, 0.25) is 0 Å². The first-order valence-corrected chi connectivity index (χ1v) is 6.53. The third-order valence-electron chi connectivity index (χ3n) is 2.50. The zero-order chi connectivity index (χ0) is 12.8. The summed E-state index contributed by atoms with van der Waals surface area (Å²) in [6.45, 7) is 2.01. The predicted molar refractivity (Wildman–Crippen MR) is 74.9 cm³/mol. The third kappa shape index (κ3) is 3.53. The van der Waals surface area contributed by atoms with Crippen LogP contribution in [-0.4, -0.2) is 12.1 Å². The van der Waals surface area contributed by atoms with Gasteiger partial charge in [-0.1, -0.05) is 30.3 Å². The predicted octanol–water partition coefficient (Wildman–Crippen LogP) is 2.75. The second kappa shape index (κ2) is 6.12. The lowest BCUT2D eigenvalue weighted by atomic mass is 10.1. The first kappa shape index (κ1) is 12.5. The van der Waals surface area contributed by atoms with Gasteiger partial charge in [0, 0.05) is 4.88 Å². The van der Waals surface area contributed by atoms with Crippen molar-refractivity contribution in [3.63, 3.8) is 0 Å². The molecule has 0 aliphatic rings. The van der Waals surface area contributed by atoms with Gasteiger partial charge in [-0.05, 0) is 29.5 Å². The molecule has 3 nitrogen and oxygen atoms in total. The number of thiophene rings is 1. The average molecular weight is 258 g/mol. The van der Waals surface area contributed by atoms with Crippen molar-refractivity contribution in [2.75, 3.05) is 0 Å². The molecule has 0 unspecified atom stereocenters. The molecular weight excluding hydrogens is 244 g/mol. The van der Waals surface area contributed by atoms with Crippen molar-refractivity contribution in [3.8, 4) is 0 Å². The first-order chi connectivity index (χ1) is 8.75. The minimum absolute atomic E-state index is 0.0951. The number of aryl methyl sites for hydroxylation is 1. The number of hydrogen-bond donors (Lipinski definition) is 1. The Morgan fingerprint density at radius 1 is 1.33 bits per heavy atom. The van der Waals surface area contributed by atoms with Gasteiger partial charge in [0.25, 0.3) is 0 Å². The van der Waals surface area contributed by atoms with Gasteiger partial charge in [0.15, 0.2) is 0 Å².